The topological polar surface area (TPSA) is 56.6 Å². The van der Waals surface area contributed by atoms with Crippen molar-refractivity contribution in [3.63, 3.8) is 0 Å². The number of methoxy groups -OCH3 is 1. The Morgan fingerprint density at radius 2 is 1.57 bits per heavy atom. The zero-order valence-electron chi connectivity index (χ0n) is 22.7. The third-order valence-corrected chi connectivity index (χ3v) is 7.82. The molecule has 6 heteroatoms. The van der Waals surface area contributed by atoms with E-state index in [1.54, 1.807) is 18.0 Å². The standard InChI is InChI=1S/C34H33N3O3/c1-39-33-23-29(37-24-35-31-22-28(12-14-30(31)34(37)38)26-10-6-3-7-11-26)13-15-32(33)40-21-20-36-18-16-27(17-19-36)25-8-4-2-5-9-25/h2-15,22-24,27H,16-21H2,1H3. The summed E-state index contributed by atoms with van der Waals surface area (Å²) in [6.45, 7) is 3.59. The minimum atomic E-state index is -0.126. The van der Waals surface area contributed by atoms with E-state index in [9.17, 15) is 4.79 Å². The monoisotopic (exact) mass is 531 g/mol. The molecule has 5 aromatic rings. The predicted octanol–water partition coefficient (Wildman–Crippen LogP) is 6.32. The Bertz CT molecular complexity index is 1640. The summed E-state index contributed by atoms with van der Waals surface area (Å²) in [7, 11) is 1.62. The van der Waals surface area contributed by atoms with Gasteiger partial charge in [0, 0.05) is 12.6 Å². The van der Waals surface area contributed by atoms with Crippen LogP contribution in [-0.2, 0) is 0 Å². The van der Waals surface area contributed by atoms with E-state index in [1.165, 1.54) is 18.4 Å². The molecule has 2 heterocycles. The maximum atomic E-state index is 13.4. The Labute approximate surface area is 234 Å². The van der Waals surface area contributed by atoms with Crippen molar-refractivity contribution in [2.24, 2.45) is 0 Å². The molecule has 0 atom stereocenters. The minimum Gasteiger partial charge on any atom is -0.493 e. The molecule has 40 heavy (non-hydrogen) atoms. The molecule has 1 aliphatic rings. The molecule has 0 bridgehead atoms. The molecule has 0 radical (unpaired) electrons. The molecule has 202 valence electrons. The second-order valence-electron chi connectivity index (χ2n) is 10.2. The lowest BCUT2D eigenvalue weighted by Gasteiger charge is -2.32. The minimum absolute atomic E-state index is 0.126. The molecule has 0 saturated carbocycles. The number of rotatable bonds is 8. The van der Waals surface area contributed by atoms with E-state index >= 15 is 0 Å². The molecule has 0 amide bonds. The first-order valence-electron chi connectivity index (χ1n) is 13.8. The van der Waals surface area contributed by atoms with Gasteiger partial charge in [-0.3, -0.25) is 14.3 Å². The highest BCUT2D eigenvalue weighted by atomic mass is 16.5. The van der Waals surface area contributed by atoms with E-state index < -0.39 is 0 Å². The number of ether oxygens (including phenoxy) is 2. The smallest absolute Gasteiger partial charge is 0.265 e. The summed E-state index contributed by atoms with van der Waals surface area (Å²) in [5.41, 5.74) is 4.79. The van der Waals surface area contributed by atoms with Gasteiger partial charge < -0.3 is 9.47 Å². The number of likely N-dealkylation sites (tertiary alicyclic amines) is 1. The van der Waals surface area contributed by atoms with Gasteiger partial charge in [-0.25, -0.2) is 4.98 Å². The van der Waals surface area contributed by atoms with Crippen molar-refractivity contribution in [3.05, 3.63) is 119 Å². The normalized spacial score (nSPS) is 14.3. The van der Waals surface area contributed by atoms with E-state index in [0.29, 0.717) is 40.6 Å². The number of piperidine rings is 1. The maximum absolute atomic E-state index is 13.4. The second-order valence-corrected chi connectivity index (χ2v) is 10.2. The van der Waals surface area contributed by atoms with Gasteiger partial charge in [0.2, 0.25) is 0 Å². The summed E-state index contributed by atoms with van der Waals surface area (Å²) in [6, 6.07) is 32.2. The van der Waals surface area contributed by atoms with E-state index in [4.69, 9.17) is 9.47 Å². The number of aromatic nitrogens is 2. The Balaban J connectivity index is 1.12. The molecular weight excluding hydrogens is 498 g/mol. The van der Waals surface area contributed by atoms with Crippen LogP contribution in [0.1, 0.15) is 24.3 Å². The lowest BCUT2D eigenvalue weighted by atomic mass is 9.89. The highest BCUT2D eigenvalue weighted by Crippen LogP contribution is 2.31. The van der Waals surface area contributed by atoms with Gasteiger partial charge in [0.1, 0.15) is 12.9 Å². The highest BCUT2D eigenvalue weighted by molar-refractivity contribution is 5.83. The molecule has 0 N–H and O–H groups in total. The lowest BCUT2D eigenvalue weighted by Crippen LogP contribution is -2.35. The zero-order valence-corrected chi connectivity index (χ0v) is 22.7. The fraction of sp³-hybridized carbons (Fsp3) is 0.235. The molecule has 1 aromatic heterocycles. The summed E-state index contributed by atoms with van der Waals surface area (Å²) in [5.74, 6) is 1.90. The third kappa shape index (κ3) is 5.49. The first kappa shape index (κ1) is 25.8. The largest absolute Gasteiger partial charge is 0.493 e. The van der Waals surface area contributed by atoms with Crippen LogP contribution in [0.5, 0.6) is 11.5 Å². The summed E-state index contributed by atoms with van der Waals surface area (Å²) in [5, 5.41) is 0.567. The molecule has 6 nitrogen and oxygen atoms in total. The molecule has 4 aromatic carbocycles. The molecule has 6 rings (SSSR count). The summed E-state index contributed by atoms with van der Waals surface area (Å²) in [4.78, 5) is 20.4. The first-order valence-corrected chi connectivity index (χ1v) is 13.8. The average molecular weight is 532 g/mol. The Morgan fingerprint density at radius 3 is 2.33 bits per heavy atom. The second kappa shape index (κ2) is 11.8. The van der Waals surface area contributed by atoms with Crippen LogP contribution in [0.2, 0.25) is 0 Å². The maximum Gasteiger partial charge on any atom is 0.265 e. The van der Waals surface area contributed by atoms with Crippen LogP contribution < -0.4 is 15.0 Å². The number of hydrogen-bond donors (Lipinski definition) is 0. The zero-order chi connectivity index (χ0) is 27.3. The quantitative estimate of drug-likeness (QED) is 0.235. The number of fused-ring (bicyclic) bond motifs is 1. The summed E-state index contributed by atoms with van der Waals surface area (Å²) in [6.07, 6.45) is 3.92. The first-order chi connectivity index (χ1) is 19.7. The van der Waals surface area contributed by atoms with E-state index in [1.807, 2.05) is 66.7 Å². The summed E-state index contributed by atoms with van der Waals surface area (Å²) < 4.78 is 13.3. The number of hydrogen-bond acceptors (Lipinski definition) is 5. The van der Waals surface area contributed by atoms with Crippen LogP contribution in [0, 0.1) is 0 Å². The van der Waals surface area contributed by atoms with Crippen molar-refractivity contribution in [2.45, 2.75) is 18.8 Å². The Hall–Kier alpha value is -4.42. The Kier molecular flexibility index (Phi) is 7.60. The van der Waals surface area contributed by atoms with Gasteiger partial charge in [0.05, 0.1) is 23.7 Å². The van der Waals surface area contributed by atoms with Gasteiger partial charge in [0.25, 0.3) is 5.56 Å². The van der Waals surface area contributed by atoms with Gasteiger partial charge in [-0.05, 0) is 72.8 Å². The van der Waals surface area contributed by atoms with Crippen LogP contribution >= 0.6 is 0 Å². The van der Waals surface area contributed by atoms with Crippen LogP contribution in [0.3, 0.4) is 0 Å². The molecule has 0 unspecified atom stereocenters. The van der Waals surface area contributed by atoms with Gasteiger partial charge >= 0.3 is 0 Å². The van der Waals surface area contributed by atoms with E-state index in [0.717, 1.165) is 30.8 Å². The van der Waals surface area contributed by atoms with Crippen LogP contribution in [-0.4, -0.2) is 47.8 Å². The highest BCUT2D eigenvalue weighted by Gasteiger charge is 2.20. The molecule has 0 aliphatic carbocycles. The van der Waals surface area contributed by atoms with Crippen LogP contribution in [0.25, 0.3) is 27.7 Å². The Morgan fingerprint density at radius 1 is 0.825 bits per heavy atom. The van der Waals surface area contributed by atoms with Crippen molar-refractivity contribution >= 4 is 10.9 Å². The van der Waals surface area contributed by atoms with Crippen molar-refractivity contribution < 1.29 is 9.47 Å². The van der Waals surface area contributed by atoms with Gasteiger partial charge in [-0.1, -0.05) is 66.7 Å². The van der Waals surface area contributed by atoms with E-state index in [-0.39, 0.29) is 5.56 Å². The third-order valence-electron chi connectivity index (χ3n) is 7.82. The molecular formula is C34H33N3O3. The van der Waals surface area contributed by atoms with Gasteiger partial charge in [0.15, 0.2) is 11.5 Å². The molecule has 1 saturated heterocycles. The SMILES string of the molecule is COc1cc(-n2cnc3cc(-c4ccccc4)ccc3c2=O)ccc1OCCN1CCC(c2ccccc2)CC1. The van der Waals surface area contributed by atoms with Crippen molar-refractivity contribution in [3.8, 4) is 28.3 Å². The average Bonchev–Trinajstić information content (AvgIpc) is 3.02. The number of benzene rings is 4. The fourth-order valence-electron chi connectivity index (χ4n) is 5.54. The van der Waals surface area contributed by atoms with Gasteiger partial charge in [-0.2, -0.15) is 0 Å². The lowest BCUT2D eigenvalue weighted by molar-refractivity contribution is 0.171. The molecule has 1 fully saturated rings. The van der Waals surface area contributed by atoms with Gasteiger partial charge in [-0.15, -0.1) is 0 Å². The number of nitrogens with zero attached hydrogens (tertiary/aromatic N) is 3. The van der Waals surface area contributed by atoms with Crippen molar-refractivity contribution in [1.82, 2.24) is 14.5 Å². The van der Waals surface area contributed by atoms with Crippen molar-refractivity contribution in [2.75, 3.05) is 33.4 Å². The predicted molar refractivity (Wildman–Crippen MR) is 160 cm³/mol. The van der Waals surface area contributed by atoms with Crippen LogP contribution in [0.4, 0.5) is 0 Å². The molecule has 1 aliphatic heterocycles. The fourth-order valence-corrected chi connectivity index (χ4v) is 5.54. The van der Waals surface area contributed by atoms with Crippen molar-refractivity contribution in [1.29, 1.82) is 0 Å². The summed E-state index contributed by atoms with van der Waals surface area (Å²) >= 11 is 0. The van der Waals surface area contributed by atoms with E-state index in [2.05, 4.69) is 40.2 Å². The molecule has 0 spiro atoms. The van der Waals surface area contributed by atoms with Crippen LogP contribution in [0.15, 0.2) is 108 Å².